The predicted octanol–water partition coefficient (Wildman–Crippen LogP) is 3.52. The van der Waals surface area contributed by atoms with Gasteiger partial charge >= 0.3 is 0 Å². The highest BCUT2D eigenvalue weighted by Gasteiger charge is 2.13. The maximum absolute atomic E-state index is 4.83. The monoisotopic (exact) mass is 295 g/mol. The smallest absolute Gasteiger partial charge is 0.0995 e. The molecule has 106 valence electrons. The topological polar surface area (TPSA) is 37.8 Å². The molecule has 1 N–H and O–H groups in total. The number of pyridine rings is 1. The van der Waals surface area contributed by atoms with E-state index in [4.69, 9.17) is 4.98 Å². The standard InChI is InChI=1S/C17H17N3S/c1-18-12-15-17(13-7-3-2-4-8-13)20-16(21-15)11-14-9-5-6-10-19-14/h2-10,18H,11-12H2,1H3. The van der Waals surface area contributed by atoms with E-state index in [1.165, 1.54) is 10.4 Å². The molecule has 0 atom stereocenters. The summed E-state index contributed by atoms with van der Waals surface area (Å²) in [6.07, 6.45) is 2.62. The highest BCUT2D eigenvalue weighted by molar-refractivity contribution is 7.12. The lowest BCUT2D eigenvalue weighted by molar-refractivity contribution is 0.830. The Balaban J connectivity index is 1.93. The van der Waals surface area contributed by atoms with Crippen LogP contribution >= 0.6 is 11.3 Å². The normalized spacial score (nSPS) is 10.7. The molecule has 1 aromatic carbocycles. The lowest BCUT2D eigenvalue weighted by atomic mass is 10.1. The molecule has 0 radical (unpaired) electrons. The number of nitrogens with one attached hydrogen (secondary N) is 1. The fourth-order valence-electron chi connectivity index (χ4n) is 2.24. The van der Waals surface area contributed by atoms with Gasteiger partial charge < -0.3 is 5.32 Å². The second kappa shape index (κ2) is 6.61. The zero-order valence-electron chi connectivity index (χ0n) is 11.9. The SMILES string of the molecule is CNCc1sc(Cc2ccccn2)nc1-c1ccccc1. The van der Waals surface area contributed by atoms with Crippen molar-refractivity contribution in [3.63, 3.8) is 0 Å². The Hall–Kier alpha value is -2.04. The molecule has 2 heterocycles. The first-order valence-corrected chi connectivity index (χ1v) is 7.77. The van der Waals surface area contributed by atoms with Crippen molar-refractivity contribution < 1.29 is 0 Å². The van der Waals surface area contributed by atoms with Gasteiger partial charge in [-0.3, -0.25) is 4.98 Å². The van der Waals surface area contributed by atoms with Gasteiger partial charge in [0.1, 0.15) is 0 Å². The van der Waals surface area contributed by atoms with Crippen molar-refractivity contribution in [2.75, 3.05) is 7.05 Å². The molecule has 0 aliphatic rings. The van der Waals surface area contributed by atoms with E-state index >= 15 is 0 Å². The molecule has 2 aromatic heterocycles. The molecule has 3 aromatic rings. The van der Waals surface area contributed by atoms with Crippen LogP contribution in [-0.4, -0.2) is 17.0 Å². The largest absolute Gasteiger partial charge is 0.315 e. The molecule has 0 bridgehead atoms. The summed E-state index contributed by atoms with van der Waals surface area (Å²) in [6, 6.07) is 16.4. The molecule has 3 nitrogen and oxygen atoms in total. The van der Waals surface area contributed by atoms with Crippen LogP contribution < -0.4 is 5.32 Å². The Morgan fingerprint density at radius 1 is 1.05 bits per heavy atom. The van der Waals surface area contributed by atoms with E-state index in [1.54, 1.807) is 11.3 Å². The molecule has 3 rings (SSSR count). The van der Waals surface area contributed by atoms with Crippen molar-refractivity contribution in [3.05, 3.63) is 70.3 Å². The molecule has 21 heavy (non-hydrogen) atoms. The van der Waals surface area contributed by atoms with Gasteiger partial charge in [-0.25, -0.2) is 4.98 Å². The van der Waals surface area contributed by atoms with Gasteiger partial charge in [-0.05, 0) is 19.2 Å². The summed E-state index contributed by atoms with van der Waals surface area (Å²) in [5.74, 6) is 0. The first-order valence-electron chi connectivity index (χ1n) is 6.95. The lowest BCUT2D eigenvalue weighted by Gasteiger charge is -2.00. The highest BCUT2D eigenvalue weighted by atomic mass is 32.1. The van der Waals surface area contributed by atoms with Crippen LogP contribution in [0.2, 0.25) is 0 Å². The summed E-state index contributed by atoms with van der Waals surface area (Å²) in [5.41, 5.74) is 3.31. The zero-order chi connectivity index (χ0) is 14.5. The maximum Gasteiger partial charge on any atom is 0.0995 e. The summed E-state index contributed by atoms with van der Waals surface area (Å²) >= 11 is 1.76. The van der Waals surface area contributed by atoms with Gasteiger partial charge in [0.25, 0.3) is 0 Å². The molecular weight excluding hydrogens is 278 g/mol. The molecule has 0 unspecified atom stereocenters. The summed E-state index contributed by atoms with van der Waals surface area (Å²) in [5, 5.41) is 4.34. The van der Waals surface area contributed by atoms with Crippen LogP contribution in [0.15, 0.2) is 54.7 Å². The molecular formula is C17H17N3S. The lowest BCUT2D eigenvalue weighted by Crippen LogP contribution is -2.04. The number of thiazole rings is 1. The van der Waals surface area contributed by atoms with Gasteiger partial charge in [0.05, 0.1) is 10.7 Å². The van der Waals surface area contributed by atoms with E-state index in [9.17, 15) is 0 Å². The fourth-order valence-corrected chi connectivity index (χ4v) is 3.35. The second-order valence-corrected chi connectivity index (χ2v) is 5.94. The van der Waals surface area contributed by atoms with E-state index in [0.29, 0.717) is 0 Å². The van der Waals surface area contributed by atoms with E-state index in [2.05, 4.69) is 34.6 Å². The predicted molar refractivity (Wildman–Crippen MR) is 87.4 cm³/mol. The minimum absolute atomic E-state index is 0.787. The Kier molecular flexibility index (Phi) is 4.38. The molecule has 0 aliphatic carbocycles. The molecule has 0 saturated carbocycles. The molecule has 4 heteroatoms. The van der Waals surface area contributed by atoms with Gasteiger partial charge in [-0.2, -0.15) is 0 Å². The van der Waals surface area contributed by atoms with Gasteiger partial charge in [0, 0.05) is 35.3 Å². The fraction of sp³-hybridized carbons (Fsp3) is 0.176. The Morgan fingerprint density at radius 2 is 1.86 bits per heavy atom. The number of nitrogens with zero attached hydrogens (tertiary/aromatic N) is 2. The average molecular weight is 295 g/mol. The average Bonchev–Trinajstić information content (AvgIpc) is 2.92. The van der Waals surface area contributed by atoms with Crippen molar-refractivity contribution >= 4 is 11.3 Å². The number of hydrogen-bond donors (Lipinski definition) is 1. The third-order valence-corrected chi connectivity index (χ3v) is 4.24. The first-order chi connectivity index (χ1) is 10.4. The van der Waals surface area contributed by atoms with Crippen LogP contribution in [-0.2, 0) is 13.0 Å². The second-order valence-electron chi connectivity index (χ2n) is 4.77. The molecule has 0 aliphatic heterocycles. The number of rotatable bonds is 5. The van der Waals surface area contributed by atoms with Crippen LogP contribution in [0.3, 0.4) is 0 Å². The van der Waals surface area contributed by atoms with Crippen LogP contribution in [0.25, 0.3) is 11.3 Å². The van der Waals surface area contributed by atoms with E-state index in [1.807, 2.05) is 37.5 Å². The molecule has 0 amide bonds. The Morgan fingerprint density at radius 3 is 2.57 bits per heavy atom. The Labute approximate surface area is 128 Å². The first kappa shape index (κ1) is 13.9. The van der Waals surface area contributed by atoms with Gasteiger partial charge in [-0.1, -0.05) is 36.4 Å². The van der Waals surface area contributed by atoms with Gasteiger partial charge in [0.2, 0.25) is 0 Å². The number of aromatic nitrogens is 2. The van der Waals surface area contributed by atoms with Gasteiger partial charge in [-0.15, -0.1) is 11.3 Å². The summed E-state index contributed by atoms with van der Waals surface area (Å²) in [7, 11) is 1.97. The zero-order valence-corrected chi connectivity index (χ0v) is 12.7. The molecule has 0 saturated heterocycles. The third-order valence-electron chi connectivity index (χ3n) is 3.18. The number of benzene rings is 1. The molecule has 0 spiro atoms. The van der Waals surface area contributed by atoms with Crippen LogP contribution in [0.4, 0.5) is 0 Å². The van der Waals surface area contributed by atoms with E-state index in [0.717, 1.165) is 29.4 Å². The minimum Gasteiger partial charge on any atom is -0.315 e. The van der Waals surface area contributed by atoms with Crippen LogP contribution in [0.1, 0.15) is 15.6 Å². The summed E-state index contributed by atoms with van der Waals surface area (Å²) < 4.78 is 0. The van der Waals surface area contributed by atoms with E-state index < -0.39 is 0 Å². The summed E-state index contributed by atoms with van der Waals surface area (Å²) in [6.45, 7) is 0.837. The van der Waals surface area contributed by atoms with Crippen molar-refractivity contribution in [2.45, 2.75) is 13.0 Å². The molecule has 0 fully saturated rings. The highest BCUT2D eigenvalue weighted by Crippen LogP contribution is 2.29. The van der Waals surface area contributed by atoms with Crippen molar-refractivity contribution in [3.8, 4) is 11.3 Å². The Bertz CT molecular complexity index is 693. The van der Waals surface area contributed by atoms with Crippen molar-refractivity contribution in [1.29, 1.82) is 0 Å². The van der Waals surface area contributed by atoms with E-state index in [-0.39, 0.29) is 0 Å². The maximum atomic E-state index is 4.83. The van der Waals surface area contributed by atoms with Gasteiger partial charge in [0.15, 0.2) is 0 Å². The van der Waals surface area contributed by atoms with Crippen molar-refractivity contribution in [2.24, 2.45) is 0 Å². The van der Waals surface area contributed by atoms with Crippen LogP contribution in [0.5, 0.6) is 0 Å². The number of hydrogen-bond acceptors (Lipinski definition) is 4. The summed E-state index contributed by atoms with van der Waals surface area (Å²) in [4.78, 5) is 10.5. The van der Waals surface area contributed by atoms with Crippen molar-refractivity contribution in [1.82, 2.24) is 15.3 Å². The minimum atomic E-state index is 0.787. The van der Waals surface area contributed by atoms with Crippen LogP contribution in [0, 0.1) is 0 Å². The third kappa shape index (κ3) is 3.35. The quantitative estimate of drug-likeness (QED) is 0.782.